The second kappa shape index (κ2) is 3.14. The normalized spacial score (nSPS) is 21.4. The van der Waals surface area contributed by atoms with E-state index >= 15 is 0 Å². The molecule has 1 amide bonds. The van der Waals surface area contributed by atoms with Crippen LogP contribution in [0.15, 0.2) is 18.2 Å². The van der Waals surface area contributed by atoms with Crippen LogP contribution in [0.1, 0.15) is 25.7 Å². The highest BCUT2D eigenvalue weighted by molar-refractivity contribution is 6.03. The van der Waals surface area contributed by atoms with Crippen molar-refractivity contribution in [3.63, 3.8) is 0 Å². The molecule has 1 saturated carbocycles. The van der Waals surface area contributed by atoms with Gasteiger partial charge in [-0.1, -0.05) is 6.07 Å². The highest BCUT2D eigenvalue weighted by Crippen LogP contribution is 2.43. The van der Waals surface area contributed by atoms with Crippen molar-refractivity contribution in [1.29, 1.82) is 0 Å². The van der Waals surface area contributed by atoms with Crippen molar-refractivity contribution >= 4 is 17.3 Å². The molecule has 84 valence electrons. The van der Waals surface area contributed by atoms with E-state index in [9.17, 15) is 4.79 Å². The Morgan fingerprint density at radius 2 is 2.06 bits per heavy atom. The number of rotatable bonds is 0. The summed E-state index contributed by atoms with van der Waals surface area (Å²) in [6.45, 7) is 0. The number of amides is 1. The predicted octanol–water partition coefficient (Wildman–Crippen LogP) is 1.91. The van der Waals surface area contributed by atoms with Crippen LogP contribution in [0.2, 0.25) is 0 Å². The van der Waals surface area contributed by atoms with Crippen LogP contribution in [0.25, 0.3) is 0 Å². The van der Waals surface area contributed by atoms with Crippen molar-refractivity contribution in [2.45, 2.75) is 31.3 Å². The second-order valence-electron chi connectivity index (χ2n) is 4.48. The van der Waals surface area contributed by atoms with Gasteiger partial charge in [-0.25, -0.2) is 0 Å². The van der Waals surface area contributed by atoms with Gasteiger partial charge in [-0.3, -0.25) is 4.79 Å². The standard InChI is InChI=1S/C12H14N2O2/c13-8-4-3-5-9-10(8)14-11(15)12(16-9)6-1-2-7-12/h3-5H,1-2,6-7,13H2,(H,14,15). The van der Waals surface area contributed by atoms with Crippen molar-refractivity contribution in [3.8, 4) is 5.75 Å². The molecule has 1 aliphatic carbocycles. The molecule has 16 heavy (non-hydrogen) atoms. The predicted molar refractivity (Wildman–Crippen MR) is 61.3 cm³/mol. The van der Waals surface area contributed by atoms with Gasteiger partial charge in [-0.2, -0.15) is 0 Å². The van der Waals surface area contributed by atoms with E-state index in [1.54, 1.807) is 6.07 Å². The van der Waals surface area contributed by atoms with Gasteiger partial charge in [-0.15, -0.1) is 0 Å². The molecular weight excluding hydrogens is 204 g/mol. The molecule has 3 rings (SSSR count). The fourth-order valence-corrected chi connectivity index (χ4v) is 2.53. The lowest BCUT2D eigenvalue weighted by atomic mass is 9.98. The van der Waals surface area contributed by atoms with Crippen LogP contribution in [0.5, 0.6) is 5.75 Å². The Labute approximate surface area is 93.8 Å². The number of nitrogen functional groups attached to an aromatic ring is 1. The van der Waals surface area contributed by atoms with Crippen LogP contribution in [-0.4, -0.2) is 11.5 Å². The zero-order valence-corrected chi connectivity index (χ0v) is 8.95. The summed E-state index contributed by atoms with van der Waals surface area (Å²) in [6, 6.07) is 5.45. The fourth-order valence-electron chi connectivity index (χ4n) is 2.53. The van der Waals surface area contributed by atoms with Crippen molar-refractivity contribution < 1.29 is 9.53 Å². The Morgan fingerprint density at radius 1 is 1.31 bits per heavy atom. The molecule has 4 nitrogen and oxygen atoms in total. The maximum absolute atomic E-state index is 12.0. The molecule has 1 aliphatic heterocycles. The molecule has 0 unspecified atom stereocenters. The number of nitrogens with one attached hydrogen (secondary N) is 1. The molecule has 4 heteroatoms. The van der Waals surface area contributed by atoms with E-state index in [1.165, 1.54) is 0 Å². The lowest BCUT2D eigenvalue weighted by Gasteiger charge is -2.34. The second-order valence-corrected chi connectivity index (χ2v) is 4.48. The summed E-state index contributed by atoms with van der Waals surface area (Å²) in [4.78, 5) is 12.0. The SMILES string of the molecule is Nc1cccc2c1NC(=O)C1(CCCC1)O2. The first-order valence-corrected chi connectivity index (χ1v) is 5.60. The average Bonchev–Trinajstić information content (AvgIpc) is 2.71. The van der Waals surface area contributed by atoms with E-state index in [0.29, 0.717) is 17.1 Å². The van der Waals surface area contributed by atoms with Crippen molar-refractivity contribution in [1.82, 2.24) is 0 Å². The van der Waals surface area contributed by atoms with Gasteiger partial charge in [0.15, 0.2) is 5.60 Å². The number of ether oxygens (including phenoxy) is 1. The Bertz CT molecular complexity index is 450. The minimum atomic E-state index is -0.638. The van der Waals surface area contributed by atoms with E-state index in [-0.39, 0.29) is 5.91 Å². The third kappa shape index (κ3) is 1.19. The molecular formula is C12H14N2O2. The molecule has 1 aromatic rings. The van der Waals surface area contributed by atoms with Crippen LogP contribution < -0.4 is 15.8 Å². The number of carbonyl (C=O) groups is 1. The minimum absolute atomic E-state index is 0.0459. The minimum Gasteiger partial charge on any atom is -0.475 e. The third-order valence-corrected chi connectivity index (χ3v) is 3.43. The molecule has 0 bridgehead atoms. The number of carbonyl (C=O) groups excluding carboxylic acids is 1. The lowest BCUT2D eigenvalue weighted by Crippen LogP contribution is -2.48. The van der Waals surface area contributed by atoms with Gasteiger partial charge < -0.3 is 15.8 Å². The van der Waals surface area contributed by atoms with Crippen molar-refractivity contribution in [2.24, 2.45) is 0 Å². The topological polar surface area (TPSA) is 64.3 Å². The maximum atomic E-state index is 12.0. The zero-order valence-electron chi connectivity index (χ0n) is 8.95. The summed E-state index contributed by atoms with van der Waals surface area (Å²) in [5.41, 5.74) is 6.33. The summed E-state index contributed by atoms with van der Waals surface area (Å²) < 4.78 is 5.88. The van der Waals surface area contributed by atoms with E-state index in [2.05, 4.69) is 5.32 Å². The summed E-state index contributed by atoms with van der Waals surface area (Å²) in [5, 5.41) is 2.87. The summed E-state index contributed by atoms with van der Waals surface area (Å²) in [7, 11) is 0. The van der Waals surface area contributed by atoms with Crippen LogP contribution in [-0.2, 0) is 4.79 Å². The number of anilines is 2. The Kier molecular flexibility index (Phi) is 1.87. The fraction of sp³-hybridized carbons (Fsp3) is 0.417. The summed E-state index contributed by atoms with van der Waals surface area (Å²) >= 11 is 0. The smallest absolute Gasteiger partial charge is 0.268 e. The van der Waals surface area contributed by atoms with Gasteiger partial charge in [0, 0.05) is 0 Å². The van der Waals surface area contributed by atoms with Gasteiger partial charge in [0.05, 0.1) is 5.69 Å². The van der Waals surface area contributed by atoms with E-state index in [1.807, 2.05) is 12.1 Å². The molecule has 1 aromatic carbocycles. The molecule has 0 aromatic heterocycles. The molecule has 0 radical (unpaired) electrons. The van der Waals surface area contributed by atoms with E-state index in [4.69, 9.17) is 10.5 Å². The van der Waals surface area contributed by atoms with Crippen LogP contribution in [0.4, 0.5) is 11.4 Å². The molecule has 1 spiro atoms. The highest BCUT2D eigenvalue weighted by Gasteiger charge is 2.46. The third-order valence-electron chi connectivity index (χ3n) is 3.43. The summed E-state index contributed by atoms with van der Waals surface area (Å²) in [5.74, 6) is 0.650. The Hall–Kier alpha value is -1.71. The maximum Gasteiger partial charge on any atom is 0.268 e. The summed E-state index contributed by atoms with van der Waals surface area (Å²) in [6.07, 6.45) is 3.69. The zero-order chi connectivity index (χ0) is 11.2. The van der Waals surface area contributed by atoms with Gasteiger partial charge in [-0.05, 0) is 37.8 Å². The number of para-hydroxylation sites is 1. The number of nitrogens with two attached hydrogens (primary N) is 1. The first-order chi connectivity index (χ1) is 7.71. The largest absolute Gasteiger partial charge is 0.475 e. The van der Waals surface area contributed by atoms with Crippen molar-refractivity contribution in [2.75, 3.05) is 11.1 Å². The number of benzene rings is 1. The van der Waals surface area contributed by atoms with Gasteiger partial charge in [0.2, 0.25) is 0 Å². The molecule has 1 heterocycles. The van der Waals surface area contributed by atoms with E-state index in [0.717, 1.165) is 25.7 Å². The first kappa shape index (κ1) is 9.51. The molecule has 0 saturated heterocycles. The van der Waals surface area contributed by atoms with Crippen molar-refractivity contribution in [3.05, 3.63) is 18.2 Å². The molecule has 3 N–H and O–H groups in total. The number of fused-ring (bicyclic) bond motifs is 1. The molecule has 1 fully saturated rings. The quantitative estimate of drug-likeness (QED) is 0.654. The van der Waals surface area contributed by atoms with Gasteiger partial charge in [0.1, 0.15) is 11.4 Å². The van der Waals surface area contributed by atoms with Crippen LogP contribution in [0, 0.1) is 0 Å². The van der Waals surface area contributed by atoms with Crippen LogP contribution in [0.3, 0.4) is 0 Å². The average molecular weight is 218 g/mol. The molecule has 2 aliphatic rings. The van der Waals surface area contributed by atoms with E-state index < -0.39 is 5.60 Å². The number of hydrogen-bond acceptors (Lipinski definition) is 3. The monoisotopic (exact) mass is 218 g/mol. The molecule has 0 atom stereocenters. The van der Waals surface area contributed by atoms with Crippen LogP contribution >= 0.6 is 0 Å². The first-order valence-electron chi connectivity index (χ1n) is 5.60. The van der Waals surface area contributed by atoms with Gasteiger partial charge in [0.25, 0.3) is 5.91 Å². The lowest BCUT2D eigenvalue weighted by molar-refractivity contribution is -0.131. The number of hydrogen-bond donors (Lipinski definition) is 2. The van der Waals surface area contributed by atoms with Gasteiger partial charge >= 0.3 is 0 Å². The Morgan fingerprint density at radius 3 is 2.81 bits per heavy atom. The highest BCUT2D eigenvalue weighted by atomic mass is 16.5. The Balaban J connectivity index is 2.05.